The molecule has 14 heavy (non-hydrogen) atoms. The van der Waals surface area contributed by atoms with Crippen molar-refractivity contribution in [3.8, 4) is 0 Å². The Kier molecular flexibility index (Phi) is 1.92. The third-order valence-electron chi connectivity index (χ3n) is 1.94. The molecule has 0 spiro atoms. The maximum absolute atomic E-state index is 11.2. The highest BCUT2D eigenvalue weighted by Gasteiger charge is 2.10. The number of ether oxygens (including phenoxy) is 1. The van der Waals surface area contributed by atoms with Gasteiger partial charge in [-0.1, -0.05) is 0 Å². The number of imidazole rings is 1. The molecule has 5 nitrogen and oxygen atoms in total. The normalized spacial score (nSPS) is 10.4. The highest BCUT2D eigenvalue weighted by Crippen LogP contribution is 2.07. The zero-order chi connectivity index (χ0) is 10.1. The summed E-state index contributed by atoms with van der Waals surface area (Å²) in [4.78, 5) is 19.4. The second kappa shape index (κ2) is 3.10. The molecule has 0 aliphatic rings. The molecule has 0 saturated heterocycles. The van der Waals surface area contributed by atoms with Crippen LogP contribution in [0.3, 0.4) is 0 Å². The van der Waals surface area contributed by atoms with Gasteiger partial charge in [-0.05, 0) is 6.92 Å². The molecule has 0 saturated carbocycles. The van der Waals surface area contributed by atoms with Crippen LogP contribution in [-0.2, 0) is 4.74 Å². The molecule has 0 radical (unpaired) electrons. The van der Waals surface area contributed by atoms with Crippen molar-refractivity contribution in [3.63, 3.8) is 0 Å². The number of hydrogen-bond acceptors (Lipinski definition) is 4. The number of aromatic nitrogens is 3. The van der Waals surface area contributed by atoms with Crippen molar-refractivity contribution in [1.29, 1.82) is 0 Å². The molecule has 2 rings (SSSR count). The summed E-state index contributed by atoms with van der Waals surface area (Å²) in [6, 6.07) is 0. The summed E-state index contributed by atoms with van der Waals surface area (Å²) in [5.41, 5.74) is 1.74. The van der Waals surface area contributed by atoms with Crippen LogP contribution in [0, 0.1) is 6.92 Å². The molecule has 0 N–H and O–H groups in total. The molecule has 2 aromatic rings. The Morgan fingerprint density at radius 2 is 2.36 bits per heavy atom. The van der Waals surface area contributed by atoms with Gasteiger partial charge in [0.05, 0.1) is 12.8 Å². The number of fused-ring (bicyclic) bond motifs is 1. The van der Waals surface area contributed by atoms with Crippen LogP contribution in [0.25, 0.3) is 5.65 Å². The van der Waals surface area contributed by atoms with E-state index < -0.39 is 5.97 Å². The molecule has 0 unspecified atom stereocenters. The summed E-state index contributed by atoms with van der Waals surface area (Å²) in [5, 5.41) is 0. The van der Waals surface area contributed by atoms with Crippen LogP contribution in [0.4, 0.5) is 0 Å². The smallest absolute Gasteiger partial charge is 0.358 e. The molecular weight excluding hydrogens is 182 g/mol. The van der Waals surface area contributed by atoms with E-state index >= 15 is 0 Å². The van der Waals surface area contributed by atoms with E-state index in [1.54, 1.807) is 29.9 Å². The van der Waals surface area contributed by atoms with E-state index in [1.807, 2.05) is 0 Å². The van der Waals surface area contributed by atoms with Gasteiger partial charge in [-0.3, -0.25) is 0 Å². The van der Waals surface area contributed by atoms with Crippen molar-refractivity contribution < 1.29 is 9.53 Å². The first kappa shape index (κ1) is 8.68. The number of carbonyl (C=O) groups excluding carboxylic acids is 1. The van der Waals surface area contributed by atoms with Crippen molar-refractivity contribution in [3.05, 3.63) is 30.0 Å². The van der Waals surface area contributed by atoms with Gasteiger partial charge in [-0.15, -0.1) is 0 Å². The predicted octanol–water partition coefficient (Wildman–Crippen LogP) is 0.824. The number of esters is 1. The van der Waals surface area contributed by atoms with E-state index in [9.17, 15) is 4.79 Å². The van der Waals surface area contributed by atoms with Crippen molar-refractivity contribution in [2.24, 2.45) is 0 Å². The summed E-state index contributed by atoms with van der Waals surface area (Å²) >= 11 is 0. The first-order valence-electron chi connectivity index (χ1n) is 4.11. The summed E-state index contributed by atoms with van der Waals surface area (Å²) < 4.78 is 6.33. The zero-order valence-corrected chi connectivity index (χ0v) is 7.89. The average molecular weight is 191 g/mol. The lowest BCUT2D eigenvalue weighted by molar-refractivity contribution is 0.0593. The molecule has 0 aliphatic carbocycles. The molecule has 2 aromatic heterocycles. The SMILES string of the molecule is COC(=O)c1cn2ccnc2c(C)n1. The largest absolute Gasteiger partial charge is 0.464 e. The summed E-state index contributed by atoms with van der Waals surface area (Å²) in [6.07, 6.45) is 5.02. The number of carbonyl (C=O) groups is 1. The topological polar surface area (TPSA) is 56.5 Å². The van der Waals surface area contributed by atoms with Crippen LogP contribution in [-0.4, -0.2) is 27.4 Å². The minimum atomic E-state index is -0.441. The van der Waals surface area contributed by atoms with Crippen LogP contribution < -0.4 is 0 Å². The Bertz CT molecular complexity index is 490. The minimum Gasteiger partial charge on any atom is -0.464 e. The lowest BCUT2D eigenvalue weighted by Crippen LogP contribution is -2.07. The Labute approximate surface area is 80.4 Å². The van der Waals surface area contributed by atoms with Crippen LogP contribution >= 0.6 is 0 Å². The van der Waals surface area contributed by atoms with Crippen molar-refractivity contribution in [2.45, 2.75) is 6.92 Å². The van der Waals surface area contributed by atoms with Gasteiger partial charge in [0.25, 0.3) is 0 Å². The Hall–Kier alpha value is -1.91. The Morgan fingerprint density at radius 3 is 3.07 bits per heavy atom. The van der Waals surface area contributed by atoms with Crippen LogP contribution in [0.15, 0.2) is 18.6 Å². The van der Waals surface area contributed by atoms with E-state index in [-0.39, 0.29) is 5.69 Å². The maximum Gasteiger partial charge on any atom is 0.358 e. The fraction of sp³-hybridized carbons (Fsp3) is 0.222. The van der Waals surface area contributed by atoms with Gasteiger partial charge in [0, 0.05) is 18.6 Å². The zero-order valence-electron chi connectivity index (χ0n) is 7.89. The highest BCUT2D eigenvalue weighted by molar-refractivity contribution is 5.87. The minimum absolute atomic E-state index is 0.288. The maximum atomic E-state index is 11.2. The molecule has 0 aliphatic heterocycles. The van der Waals surface area contributed by atoms with E-state index in [4.69, 9.17) is 0 Å². The van der Waals surface area contributed by atoms with Crippen molar-refractivity contribution >= 4 is 11.6 Å². The average Bonchev–Trinajstić information content (AvgIpc) is 2.64. The van der Waals surface area contributed by atoms with E-state index in [2.05, 4.69) is 14.7 Å². The summed E-state index contributed by atoms with van der Waals surface area (Å²) in [6.45, 7) is 1.80. The van der Waals surface area contributed by atoms with Gasteiger partial charge in [-0.2, -0.15) is 0 Å². The van der Waals surface area contributed by atoms with Gasteiger partial charge in [0.2, 0.25) is 0 Å². The van der Waals surface area contributed by atoms with E-state index in [0.29, 0.717) is 5.69 Å². The van der Waals surface area contributed by atoms with Crippen molar-refractivity contribution in [2.75, 3.05) is 7.11 Å². The number of aryl methyl sites for hydroxylation is 1. The van der Waals surface area contributed by atoms with Crippen LogP contribution in [0.5, 0.6) is 0 Å². The number of rotatable bonds is 1. The van der Waals surface area contributed by atoms with E-state index in [0.717, 1.165) is 5.65 Å². The number of nitrogens with zero attached hydrogens (tertiary/aromatic N) is 3. The van der Waals surface area contributed by atoms with Gasteiger partial charge in [0.1, 0.15) is 0 Å². The standard InChI is InChI=1S/C9H9N3O2/c1-6-8-10-3-4-12(8)5-7(11-6)9(13)14-2/h3-5H,1-2H3. The van der Waals surface area contributed by atoms with Crippen LogP contribution in [0.2, 0.25) is 0 Å². The molecule has 0 amide bonds. The second-order valence-electron chi connectivity index (χ2n) is 2.86. The highest BCUT2D eigenvalue weighted by atomic mass is 16.5. The lowest BCUT2D eigenvalue weighted by Gasteiger charge is -2.01. The predicted molar refractivity (Wildman–Crippen MR) is 49.1 cm³/mol. The first-order chi connectivity index (χ1) is 6.72. The van der Waals surface area contributed by atoms with Gasteiger partial charge < -0.3 is 9.14 Å². The fourth-order valence-electron chi connectivity index (χ4n) is 1.29. The molecule has 5 heteroatoms. The Morgan fingerprint density at radius 1 is 1.57 bits per heavy atom. The third kappa shape index (κ3) is 1.22. The summed E-state index contributed by atoms with van der Waals surface area (Å²) in [5.74, 6) is -0.441. The fourth-order valence-corrected chi connectivity index (χ4v) is 1.29. The van der Waals surface area contributed by atoms with Gasteiger partial charge in [0.15, 0.2) is 11.3 Å². The quantitative estimate of drug-likeness (QED) is 0.626. The number of methoxy groups -OCH3 is 1. The monoisotopic (exact) mass is 191 g/mol. The molecule has 0 bridgehead atoms. The van der Waals surface area contributed by atoms with Gasteiger partial charge in [-0.25, -0.2) is 14.8 Å². The van der Waals surface area contributed by atoms with Crippen LogP contribution in [0.1, 0.15) is 16.2 Å². The molecule has 0 fully saturated rings. The van der Waals surface area contributed by atoms with E-state index in [1.165, 1.54) is 7.11 Å². The Balaban J connectivity index is 2.64. The first-order valence-corrected chi connectivity index (χ1v) is 4.11. The lowest BCUT2D eigenvalue weighted by atomic mass is 10.4. The van der Waals surface area contributed by atoms with Crippen molar-refractivity contribution in [1.82, 2.24) is 14.4 Å². The summed E-state index contributed by atoms with van der Waals surface area (Å²) in [7, 11) is 1.33. The third-order valence-corrected chi connectivity index (χ3v) is 1.94. The number of hydrogen-bond donors (Lipinski definition) is 0. The molecule has 0 atom stereocenters. The van der Waals surface area contributed by atoms with Gasteiger partial charge >= 0.3 is 5.97 Å². The molecular formula is C9H9N3O2. The molecule has 0 aromatic carbocycles. The molecule has 2 heterocycles. The molecule has 72 valence electrons. The second-order valence-corrected chi connectivity index (χ2v) is 2.86.